The molecule has 0 saturated carbocycles. The van der Waals surface area contributed by atoms with Crippen LogP contribution < -0.4 is 11.2 Å². The summed E-state index contributed by atoms with van der Waals surface area (Å²) >= 11 is 10.0. The molecule has 8 heteroatoms. The van der Waals surface area contributed by atoms with Crippen LogP contribution in [0.5, 0.6) is 0 Å². The van der Waals surface area contributed by atoms with E-state index in [1.54, 1.807) is 11.1 Å². The minimum Gasteiger partial charge on any atom is -0.353 e. The van der Waals surface area contributed by atoms with Gasteiger partial charge in [0.15, 0.2) is 0 Å². The first kappa shape index (κ1) is 15.2. The Morgan fingerprint density at radius 2 is 2.26 bits per heavy atom. The second-order valence-electron chi connectivity index (χ2n) is 4.08. The topological polar surface area (TPSA) is 64.1 Å². The molecule has 1 aliphatic rings. The van der Waals surface area contributed by atoms with E-state index in [2.05, 4.69) is 52.8 Å². The third kappa shape index (κ3) is 3.29. The molecule has 0 radical (unpaired) electrons. The Bertz CT molecular complexity index is 596. The molecule has 2 rings (SSSR count). The van der Waals surface area contributed by atoms with Crippen molar-refractivity contribution in [3.8, 4) is 0 Å². The van der Waals surface area contributed by atoms with Crippen molar-refractivity contribution in [1.29, 1.82) is 0 Å². The van der Waals surface area contributed by atoms with E-state index in [1.807, 2.05) is 0 Å². The number of aromatic amines is 1. The fourth-order valence-corrected chi connectivity index (χ4v) is 3.92. The van der Waals surface area contributed by atoms with Crippen molar-refractivity contribution >= 4 is 53.9 Å². The van der Waals surface area contributed by atoms with Crippen molar-refractivity contribution in [1.82, 2.24) is 9.55 Å². The molecule has 5 nitrogen and oxygen atoms in total. The standard InChI is InChI=1S/C11H11Br3N2O3/c12-2-1-6-5-16(11(18)15-10(6)17)9-3-7(14)8(4-13)19-9/h1-2,5,7-9H,3-4H2,(H,15,17,18)/b2-1+/t7-,8+,9+/m0/s1. The average Bonchev–Trinajstić information content (AvgIpc) is 2.74. The number of nitrogens with one attached hydrogen (secondary N) is 1. The number of alkyl halides is 2. The van der Waals surface area contributed by atoms with Crippen LogP contribution in [0.25, 0.3) is 6.08 Å². The molecule has 1 N–H and O–H groups in total. The molecular weight excluding hydrogens is 448 g/mol. The Hall–Kier alpha value is -0.180. The van der Waals surface area contributed by atoms with Crippen molar-refractivity contribution < 1.29 is 4.74 Å². The van der Waals surface area contributed by atoms with Gasteiger partial charge in [-0.3, -0.25) is 14.3 Å². The summed E-state index contributed by atoms with van der Waals surface area (Å²) < 4.78 is 7.19. The number of hydrogen-bond donors (Lipinski definition) is 1. The number of rotatable bonds is 3. The van der Waals surface area contributed by atoms with E-state index in [0.29, 0.717) is 17.3 Å². The molecule has 2 heterocycles. The lowest BCUT2D eigenvalue weighted by Gasteiger charge is -2.14. The van der Waals surface area contributed by atoms with Crippen LogP contribution in [0.1, 0.15) is 18.2 Å². The predicted molar refractivity (Wildman–Crippen MR) is 84.3 cm³/mol. The van der Waals surface area contributed by atoms with Gasteiger partial charge in [0, 0.05) is 22.8 Å². The predicted octanol–water partition coefficient (Wildman–Crippen LogP) is 2.35. The van der Waals surface area contributed by atoms with Gasteiger partial charge in [-0.2, -0.15) is 0 Å². The summed E-state index contributed by atoms with van der Waals surface area (Å²) in [4.78, 5) is 27.5. The maximum Gasteiger partial charge on any atom is 0.330 e. The first-order valence-electron chi connectivity index (χ1n) is 5.54. The second-order valence-corrected chi connectivity index (χ2v) is 6.43. The summed E-state index contributed by atoms with van der Waals surface area (Å²) in [7, 11) is 0. The van der Waals surface area contributed by atoms with E-state index < -0.39 is 11.2 Å². The Morgan fingerprint density at radius 3 is 2.84 bits per heavy atom. The Morgan fingerprint density at radius 1 is 1.53 bits per heavy atom. The fourth-order valence-electron chi connectivity index (χ4n) is 1.90. The van der Waals surface area contributed by atoms with Gasteiger partial charge in [-0.15, -0.1) is 0 Å². The van der Waals surface area contributed by atoms with Crippen molar-refractivity contribution in [2.24, 2.45) is 0 Å². The van der Waals surface area contributed by atoms with E-state index >= 15 is 0 Å². The largest absolute Gasteiger partial charge is 0.353 e. The lowest BCUT2D eigenvalue weighted by molar-refractivity contribution is 0.0112. The third-order valence-electron chi connectivity index (χ3n) is 2.86. The number of ether oxygens (including phenoxy) is 1. The van der Waals surface area contributed by atoms with Gasteiger partial charge in [-0.1, -0.05) is 47.8 Å². The van der Waals surface area contributed by atoms with E-state index in [0.717, 1.165) is 0 Å². The molecule has 104 valence electrons. The van der Waals surface area contributed by atoms with E-state index in [-0.39, 0.29) is 17.2 Å². The highest BCUT2D eigenvalue weighted by Crippen LogP contribution is 2.33. The quantitative estimate of drug-likeness (QED) is 0.707. The monoisotopic (exact) mass is 456 g/mol. The lowest BCUT2D eigenvalue weighted by Crippen LogP contribution is -2.33. The van der Waals surface area contributed by atoms with Crippen LogP contribution in [-0.4, -0.2) is 25.8 Å². The number of hydrogen-bond acceptors (Lipinski definition) is 3. The molecule has 0 bridgehead atoms. The minimum atomic E-state index is -0.461. The molecule has 0 spiro atoms. The minimum absolute atomic E-state index is 0.000930. The fraction of sp³-hybridized carbons (Fsp3) is 0.455. The van der Waals surface area contributed by atoms with Crippen molar-refractivity contribution in [3.05, 3.63) is 37.6 Å². The highest BCUT2D eigenvalue weighted by Gasteiger charge is 2.34. The molecule has 0 unspecified atom stereocenters. The molecule has 1 saturated heterocycles. The van der Waals surface area contributed by atoms with Gasteiger partial charge in [0.2, 0.25) is 0 Å². The van der Waals surface area contributed by atoms with E-state index in [9.17, 15) is 9.59 Å². The zero-order chi connectivity index (χ0) is 14.0. The van der Waals surface area contributed by atoms with Gasteiger partial charge < -0.3 is 4.74 Å². The molecular formula is C11H11Br3N2O3. The van der Waals surface area contributed by atoms with Crippen molar-refractivity contribution in [2.75, 3.05) is 5.33 Å². The first-order chi connectivity index (χ1) is 9.06. The normalized spacial score (nSPS) is 27.2. The Kier molecular flexibility index (Phi) is 5.22. The average molecular weight is 459 g/mol. The molecule has 1 aliphatic heterocycles. The van der Waals surface area contributed by atoms with Crippen LogP contribution in [-0.2, 0) is 4.74 Å². The molecule has 0 aromatic carbocycles. The van der Waals surface area contributed by atoms with E-state index in [1.165, 1.54) is 10.8 Å². The van der Waals surface area contributed by atoms with Crippen LogP contribution in [0, 0.1) is 0 Å². The summed E-state index contributed by atoms with van der Waals surface area (Å²) in [5.41, 5.74) is -0.479. The van der Waals surface area contributed by atoms with Gasteiger partial charge in [0.25, 0.3) is 5.56 Å². The summed E-state index contributed by atoms with van der Waals surface area (Å²) in [6, 6.07) is 0. The number of H-pyrrole nitrogens is 1. The molecule has 0 amide bonds. The maximum atomic E-state index is 11.8. The van der Waals surface area contributed by atoms with Crippen LogP contribution in [0.2, 0.25) is 0 Å². The molecule has 1 aromatic heterocycles. The molecule has 1 fully saturated rings. The zero-order valence-corrected chi connectivity index (χ0v) is 14.4. The van der Waals surface area contributed by atoms with Crippen LogP contribution in [0.15, 0.2) is 20.8 Å². The van der Waals surface area contributed by atoms with Crippen LogP contribution in [0.4, 0.5) is 0 Å². The Balaban J connectivity index is 2.38. The number of aromatic nitrogens is 2. The van der Waals surface area contributed by atoms with Crippen molar-refractivity contribution in [3.63, 3.8) is 0 Å². The van der Waals surface area contributed by atoms with Gasteiger partial charge >= 0.3 is 5.69 Å². The van der Waals surface area contributed by atoms with Crippen molar-refractivity contribution in [2.45, 2.75) is 23.6 Å². The summed E-state index contributed by atoms with van der Waals surface area (Å²) in [6.45, 7) is 0. The molecule has 1 aromatic rings. The lowest BCUT2D eigenvalue weighted by atomic mass is 10.2. The summed E-state index contributed by atoms with van der Waals surface area (Å²) in [6.07, 6.45) is 3.38. The zero-order valence-electron chi connectivity index (χ0n) is 9.68. The highest BCUT2D eigenvalue weighted by atomic mass is 79.9. The van der Waals surface area contributed by atoms with Gasteiger partial charge in [0.1, 0.15) is 6.23 Å². The smallest absolute Gasteiger partial charge is 0.330 e. The van der Waals surface area contributed by atoms with Crippen LogP contribution in [0.3, 0.4) is 0 Å². The molecule has 0 aliphatic carbocycles. The summed E-state index contributed by atoms with van der Waals surface area (Å²) in [5.74, 6) is 0. The Labute approximate surface area is 134 Å². The van der Waals surface area contributed by atoms with E-state index in [4.69, 9.17) is 4.74 Å². The van der Waals surface area contributed by atoms with Crippen LogP contribution >= 0.6 is 47.8 Å². The van der Waals surface area contributed by atoms with Gasteiger partial charge in [-0.05, 0) is 11.1 Å². The maximum absolute atomic E-state index is 11.8. The third-order valence-corrected chi connectivity index (χ3v) is 4.73. The summed E-state index contributed by atoms with van der Waals surface area (Å²) in [5, 5.41) is 0.686. The number of halogens is 3. The molecule has 3 atom stereocenters. The van der Waals surface area contributed by atoms with Gasteiger partial charge in [0.05, 0.1) is 11.7 Å². The molecule has 19 heavy (non-hydrogen) atoms. The van der Waals surface area contributed by atoms with Gasteiger partial charge in [-0.25, -0.2) is 4.79 Å². The first-order valence-corrected chi connectivity index (χ1v) is 8.49. The second kappa shape index (κ2) is 6.51. The highest BCUT2D eigenvalue weighted by molar-refractivity contribution is 9.11. The SMILES string of the molecule is O=c1[nH]c(=O)n([C@H]2C[C@H](Br)[C@@H](CBr)O2)cc1/C=C/Br. The number of nitrogens with zero attached hydrogens (tertiary/aromatic N) is 1.